The first-order valence-electron chi connectivity index (χ1n) is 11.2. The van der Waals surface area contributed by atoms with E-state index >= 15 is 0 Å². The summed E-state index contributed by atoms with van der Waals surface area (Å²) in [7, 11) is -4.32. The molecule has 3 aromatic carbocycles. The van der Waals surface area contributed by atoms with E-state index in [1.807, 2.05) is 24.3 Å². The minimum atomic E-state index is -4.66. The third kappa shape index (κ3) is 5.51. The van der Waals surface area contributed by atoms with Crippen LogP contribution in [-0.4, -0.2) is 20.9 Å². The van der Waals surface area contributed by atoms with E-state index in [-0.39, 0.29) is 16.6 Å². The zero-order chi connectivity index (χ0) is 25.2. The summed E-state index contributed by atoms with van der Waals surface area (Å²) in [5.41, 5.74) is 1.67. The number of fused-ring (bicyclic) bond motifs is 1. The lowest BCUT2D eigenvalue weighted by Crippen LogP contribution is -2.42. The summed E-state index contributed by atoms with van der Waals surface area (Å²) in [6.07, 6.45) is -2.22. The monoisotopic (exact) mass is 502 g/mol. The highest BCUT2D eigenvalue weighted by molar-refractivity contribution is 7.92. The SMILES string of the molecule is Cc1ccc(S(=O)(=O)N(CC(=O)N[C@@H]2CCCc3ccccc32)c2cccc(C(F)(F)F)c2)cc1. The minimum absolute atomic E-state index is 0.115. The Bertz CT molecular complexity index is 1320. The van der Waals surface area contributed by atoms with Gasteiger partial charge in [-0.15, -0.1) is 0 Å². The number of halogens is 3. The van der Waals surface area contributed by atoms with Gasteiger partial charge in [0.15, 0.2) is 0 Å². The summed E-state index contributed by atoms with van der Waals surface area (Å²) in [6.45, 7) is 1.13. The van der Waals surface area contributed by atoms with Crippen molar-refractivity contribution in [2.45, 2.75) is 43.3 Å². The number of hydrogen-bond acceptors (Lipinski definition) is 3. The minimum Gasteiger partial charge on any atom is -0.348 e. The molecule has 1 aliphatic rings. The normalized spacial score (nSPS) is 15.8. The number of alkyl halides is 3. The summed E-state index contributed by atoms with van der Waals surface area (Å²) >= 11 is 0. The maximum Gasteiger partial charge on any atom is 0.416 e. The second-order valence-corrected chi connectivity index (χ2v) is 10.4. The molecule has 184 valence electrons. The molecule has 9 heteroatoms. The number of nitrogens with zero attached hydrogens (tertiary/aromatic N) is 1. The Labute approximate surface area is 202 Å². The fourth-order valence-corrected chi connectivity index (χ4v) is 5.68. The molecule has 4 rings (SSSR count). The van der Waals surface area contributed by atoms with Gasteiger partial charge in [-0.1, -0.05) is 48.0 Å². The fraction of sp³-hybridized carbons (Fsp3) is 0.269. The van der Waals surface area contributed by atoms with Crippen LogP contribution in [0, 0.1) is 6.92 Å². The second kappa shape index (κ2) is 9.73. The summed E-state index contributed by atoms with van der Waals surface area (Å²) in [6, 6.07) is 17.3. The highest BCUT2D eigenvalue weighted by Gasteiger charge is 2.33. The second-order valence-electron chi connectivity index (χ2n) is 8.58. The van der Waals surface area contributed by atoms with Crippen molar-refractivity contribution in [2.24, 2.45) is 0 Å². The molecule has 0 fully saturated rings. The van der Waals surface area contributed by atoms with E-state index in [0.717, 1.165) is 52.0 Å². The molecule has 1 N–H and O–H groups in total. The van der Waals surface area contributed by atoms with Gasteiger partial charge in [0.1, 0.15) is 6.54 Å². The average Bonchev–Trinajstić information content (AvgIpc) is 2.82. The van der Waals surface area contributed by atoms with E-state index in [2.05, 4.69) is 5.32 Å². The average molecular weight is 503 g/mol. The van der Waals surface area contributed by atoms with Crippen molar-refractivity contribution < 1.29 is 26.4 Å². The Balaban J connectivity index is 1.67. The van der Waals surface area contributed by atoms with Gasteiger partial charge in [0.05, 0.1) is 22.2 Å². The Kier molecular flexibility index (Phi) is 6.89. The lowest BCUT2D eigenvalue weighted by Gasteiger charge is -2.29. The number of nitrogens with one attached hydrogen (secondary N) is 1. The van der Waals surface area contributed by atoms with Gasteiger partial charge in [-0.05, 0) is 67.6 Å². The van der Waals surface area contributed by atoms with Crippen LogP contribution in [0.5, 0.6) is 0 Å². The summed E-state index contributed by atoms with van der Waals surface area (Å²) in [4.78, 5) is 13.0. The smallest absolute Gasteiger partial charge is 0.348 e. The van der Waals surface area contributed by atoms with Crippen molar-refractivity contribution in [1.82, 2.24) is 5.32 Å². The van der Waals surface area contributed by atoms with Gasteiger partial charge in [-0.2, -0.15) is 13.2 Å². The zero-order valence-corrected chi connectivity index (χ0v) is 19.9. The number of benzene rings is 3. The van der Waals surface area contributed by atoms with Gasteiger partial charge in [-0.25, -0.2) is 8.42 Å². The number of hydrogen-bond donors (Lipinski definition) is 1. The maximum absolute atomic E-state index is 13.5. The predicted molar refractivity (Wildman–Crippen MR) is 127 cm³/mol. The van der Waals surface area contributed by atoms with Crippen molar-refractivity contribution >= 4 is 21.6 Å². The van der Waals surface area contributed by atoms with E-state index in [0.29, 0.717) is 6.42 Å². The molecule has 0 bridgehead atoms. The van der Waals surface area contributed by atoms with Crippen LogP contribution in [0.1, 0.15) is 41.1 Å². The Morgan fingerprint density at radius 1 is 1.03 bits per heavy atom. The molecule has 0 radical (unpaired) electrons. The number of sulfonamides is 1. The van der Waals surface area contributed by atoms with Crippen LogP contribution in [0.4, 0.5) is 18.9 Å². The molecule has 35 heavy (non-hydrogen) atoms. The van der Waals surface area contributed by atoms with Crippen molar-refractivity contribution in [3.8, 4) is 0 Å². The van der Waals surface area contributed by atoms with Gasteiger partial charge >= 0.3 is 6.18 Å². The molecule has 0 unspecified atom stereocenters. The standard InChI is InChI=1S/C26H25F3N2O3S/c1-18-12-14-22(15-13-18)35(33,34)31(21-9-5-8-20(16-21)26(27,28)29)17-25(32)30-24-11-4-7-19-6-2-3-10-23(19)24/h2-3,5-6,8-10,12-16,24H,4,7,11,17H2,1H3,(H,30,32)/t24-/m1/s1. The van der Waals surface area contributed by atoms with Crippen LogP contribution in [0.15, 0.2) is 77.7 Å². The molecule has 1 aliphatic carbocycles. The van der Waals surface area contributed by atoms with E-state index in [1.165, 1.54) is 18.2 Å². The van der Waals surface area contributed by atoms with Crippen molar-refractivity contribution in [2.75, 3.05) is 10.8 Å². The van der Waals surface area contributed by atoms with Crippen LogP contribution in [-0.2, 0) is 27.4 Å². The van der Waals surface area contributed by atoms with E-state index < -0.39 is 34.2 Å². The van der Waals surface area contributed by atoms with Crippen LogP contribution >= 0.6 is 0 Å². The molecule has 0 saturated heterocycles. The first-order valence-corrected chi connectivity index (χ1v) is 12.6. The highest BCUT2D eigenvalue weighted by Crippen LogP contribution is 2.34. The number of rotatable bonds is 6. The summed E-state index contributed by atoms with van der Waals surface area (Å²) < 4.78 is 67.8. The lowest BCUT2D eigenvalue weighted by atomic mass is 9.88. The molecule has 3 aromatic rings. The van der Waals surface area contributed by atoms with Gasteiger partial charge in [0, 0.05) is 0 Å². The number of aryl methyl sites for hydroxylation is 2. The van der Waals surface area contributed by atoms with Crippen molar-refractivity contribution in [1.29, 1.82) is 0 Å². The molecule has 0 heterocycles. The van der Waals surface area contributed by atoms with Gasteiger partial charge in [0.2, 0.25) is 5.91 Å². The topological polar surface area (TPSA) is 66.5 Å². The third-order valence-electron chi connectivity index (χ3n) is 6.06. The lowest BCUT2D eigenvalue weighted by molar-refractivity contribution is -0.137. The van der Waals surface area contributed by atoms with E-state index in [4.69, 9.17) is 0 Å². The zero-order valence-electron chi connectivity index (χ0n) is 19.0. The summed E-state index contributed by atoms with van der Waals surface area (Å²) in [5, 5.41) is 2.89. The highest BCUT2D eigenvalue weighted by atomic mass is 32.2. The molecule has 5 nitrogen and oxygen atoms in total. The number of amides is 1. The fourth-order valence-electron chi connectivity index (χ4n) is 4.26. The van der Waals surface area contributed by atoms with Gasteiger partial charge in [-0.3, -0.25) is 9.10 Å². The summed E-state index contributed by atoms with van der Waals surface area (Å²) in [5.74, 6) is -0.597. The molecule has 0 aromatic heterocycles. The van der Waals surface area contributed by atoms with E-state index in [1.54, 1.807) is 19.1 Å². The molecule has 0 saturated carbocycles. The van der Waals surface area contributed by atoms with Crippen molar-refractivity contribution in [3.63, 3.8) is 0 Å². The first-order chi connectivity index (χ1) is 16.6. The van der Waals surface area contributed by atoms with Crippen LogP contribution in [0.3, 0.4) is 0 Å². The van der Waals surface area contributed by atoms with Crippen molar-refractivity contribution in [3.05, 3.63) is 95.1 Å². The molecule has 1 atom stereocenters. The largest absolute Gasteiger partial charge is 0.416 e. The quantitative estimate of drug-likeness (QED) is 0.491. The Morgan fingerprint density at radius 2 is 1.74 bits per heavy atom. The Morgan fingerprint density at radius 3 is 2.46 bits per heavy atom. The molecular formula is C26H25F3N2O3S. The number of carbonyl (C=O) groups is 1. The maximum atomic E-state index is 13.5. The molecule has 0 spiro atoms. The Hall–Kier alpha value is -3.33. The molecule has 0 aliphatic heterocycles. The molecule has 1 amide bonds. The van der Waals surface area contributed by atoms with Gasteiger partial charge < -0.3 is 5.32 Å². The third-order valence-corrected chi connectivity index (χ3v) is 7.85. The van der Waals surface area contributed by atoms with E-state index in [9.17, 15) is 26.4 Å². The number of anilines is 1. The predicted octanol–water partition coefficient (Wildman–Crippen LogP) is 5.40. The first kappa shape index (κ1) is 24.8. The van der Waals surface area contributed by atoms with Crippen LogP contribution in [0.25, 0.3) is 0 Å². The van der Waals surface area contributed by atoms with Crippen LogP contribution in [0.2, 0.25) is 0 Å². The number of carbonyl (C=O) groups excluding carboxylic acids is 1. The molecular weight excluding hydrogens is 477 g/mol. The van der Waals surface area contributed by atoms with Gasteiger partial charge in [0.25, 0.3) is 10.0 Å². The van der Waals surface area contributed by atoms with Crippen LogP contribution < -0.4 is 9.62 Å².